The molecule has 2 N–H and O–H groups in total. The number of thioether (sulfide) groups is 1. The van der Waals surface area contributed by atoms with Crippen LogP contribution in [0.5, 0.6) is 5.75 Å². The molecule has 7 nitrogen and oxygen atoms in total. The normalized spacial score (nSPS) is 12.7. The summed E-state index contributed by atoms with van der Waals surface area (Å²) < 4.78 is 5.18. The summed E-state index contributed by atoms with van der Waals surface area (Å²) in [4.78, 5) is 52.8. The molecule has 0 bridgehead atoms. The highest BCUT2D eigenvalue weighted by Gasteiger charge is 2.32. The summed E-state index contributed by atoms with van der Waals surface area (Å²) in [6, 6.07) is 25.6. The van der Waals surface area contributed by atoms with Crippen LogP contribution in [0.25, 0.3) is 0 Å². The molecular weight excluding hydrogens is 512 g/mol. The Labute approximate surface area is 229 Å². The molecule has 0 saturated heterocycles. The fourth-order valence-corrected chi connectivity index (χ4v) is 5.28. The van der Waals surface area contributed by atoms with Crippen molar-refractivity contribution in [1.29, 1.82) is 0 Å². The number of methoxy groups -OCH3 is 1. The van der Waals surface area contributed by atoms with Gasteiger partial charge in [-0.15, -0.1) is 11.8 Å². The van der Waals surface area contributed by atoms with Crippen LogP contribution < -0.4 is 15.4 Å². The Kier molecular flexibility index (Phi) is 7.29. The zero-order chi connectivity index (χ0) is 27.5. The van der Waals surface area contributed by atoms with Crippen LogP contribution in [-0.4, -0.2) is 35.7 Å². The second-order valence-corrected chi connectivity index (χ2v) is 10.3. The van der Waals surface area contributed by atoms with E-state index in [1.807, 2.05) is 6.07 Å². The quantitative estimate of drug-likeness (QED) is 0.253. The van der Waals surface area contributed by atoms with Crippen molar-refractivity contribution >= 4 is 46.5 Å². The van der Waals surface area contributed by atoms with Crippen molar-refractivity contribution in [1.82, 2.24) is 0 Å². The number of ether oxygens (including phenoxy) is 1. The molecule has 1 atom stereocenters. The lowest BCUT2D eigenvalue weighted by atomic mass is 9.83. The standard InChI is InChI=1S/C31H24N2O5S/c1-18(39-22-11-6-9-20(17-22)32-31(37)19-8-5-10-21(16-19)38-2)30(36)33-26-15-7-14-25-27(26)29(35)24-13-4-3-12-23(24)28(25)34/h3-18H,1-2H3,(H,32,37)(H,33,36). The van der Waals surface area contributed by atoms with E-state index in [1.165, 1.54) is 18.9 Å². The lowest BCUT2D eigenvalue weighted by Gasteiger charge is -2.21. The molecule has 0 aliphatic heterocycles. The van der Waals surface area contributed by atoms with Gasteiger partial charge in [0.25, 0.3) is 5.91 Å². The van der Waals surface area contributed by atoms with Crippen molar-refractivity contribution in [3.8, 4) is 5.75 Å². The average molecular weight is 537 g/mol. The number of amides is 2. The summed E-state index contributed by atoms with van der Waals surface area (Å²) in [7, 11) is 1.54. The summed E-state index contributed by atoms with van der Waals surface area (Å²) in [5, 5.41) is 5.17. The number of benzene rings is 4. The van der Waals surface area contributed by atoms with Gasteiger partial charge in [-0.3, -0.25) is 19.2 Å². The lowest BCUT2D eigenvalue weighted by molar-refractivity contribution is -0.115. The summed E-state index contributed by atoms with van der Waals surface area (Å²) in [5.41, 5.74) is 2.51. The molecule has 0 spiro atoms. The van der Waals surface area contributed by atoms with Crippen molar-refractivity contribution < 1.29 is 23.9 Å². The van der Waals surface area contributed by atoms with E-state index in [-0.39, 0.29) is 34.5 Å². The summed E-state index contributed by atoms with van der Waals surface area (Å²) in [6.45, 7) is 1.75. The van der Waals surface area contributed by atoms with E-state index in [1.54, 1.807) is 91.9 Å². The molecule has 2 amide bonds. The molecule has 4 aromatic carbocycles. The summed E-state index contributed by atoms with van der Waals surface area (Å²) in [6.07, 6.45) is 0. The van der Waals surface area contributed by atoms with E-state index in [9.17, 15) is 19.2 Å². The Hall–Kier alpha value is -4.69. The first-order valence-corrected chi connectivity index (χ1v) is 13.1. The van der Waals surface area contributed by atoms with Gasteiger partial charge in [0.15, 0.2) is 11.6 Å². The molecule has 0 radical (unpaired) electrons. The van der Waals surface area contributed by atoms with Crippen LogP contribution in [0.15, 0.2) is 95.9 Å². The van der Waals surface area contributed by atoms with E-state index >= 15 is 0 Å². The lowest BCUT2D eigenvalue weighted by Crippen LogP contribution is -2.27. The largest absolute Gasteiger partial charge is 0.497 e. The second-order valence-electron chi connectivity index (χ2n) is 8.90. The first-order chi connectivity index (χ1) is 18.9. The van der Waals surface area contributed by atoms with Crippen molar-refractivity contribution in [2.45, 2.75) is 17.1 Å². The predicted octanol–water partition coefficient (Wildman–Crippen LogP) is 5.84. The van der Waals surface area contributed by atoms with E-state index in [4.69, 9.17) is 4.74 Å². The van der Waals surface area contributed by atoms with Crippen molar-refractivity contribution in [2.24, 2.45) is 0 Å². The maximum absolute atomic E-state index is 13.2. The van der Waals surface area contributed by atoms with Crippen LogP contribution in [0.2, 0.25) is 0 Å². The highest BCUT2D eigenvalue weighted by atomic mass is 32.2. The molecule has 0 aromatic heterocycles. The highest BCUT2D eigenvalue weighted by Crippen LogP contribution is 2.33. The predicted molar refractivity (Wildman–Crippen MR) is 151 cm³/mol. The molecule has 4 aromatic rings. The Morgan fingerprint density at radius 1 is 0.769 bits per heavy atom. The van der Waals surface area contributed by atoms with Crippen LogP contribution >= 0.6 is 11.8 Å². The smallest absolute Gasteiger partial charge is 0.255 e. The highest BCUT2D eigenvalue weighted by molar-refractivity contribution is 8.00. The molecule has 5 rings (SSSR count). The number of rotatable bonds is 7. The van der Waals surface area contributed by atoms with Gasteiger partial charge in [-0.25, -0.2) is 0 Å². The van der Waals surface area contributed by atoms with Gasteiger partial charge < -0.3 is 15.4 Å². The van der Waals surface area contributed by atoms with E-state index in [0.29, 0.717) is 33.8 Å². The number of anilines is 2. The Balaban J connectivity index is 1.29. The van der Waals surface area contributed by atoms with Crippen LogP contribution in [0.3, 0.4) is 0 Å². The van der Waals surface area contributed by atoms with Crippen LogP contribution in [-0.2, 0) is 4.79 Å². The SMILES string of the molecule is COc1cccc(C(=O)Nc2cccc(SC(C)C(=O)Nc3cccc4c3C(=O)c3ccccc3C4=O)c2)c1. The molecular formula is C31H24N2O5S. The molecule has 1 aliphatic carbocycles. The first-order valence-electron chi connectivity index (χ1n) is 12.2. The molecule has 0 heterocycles. The van der Waals surface area contributed by atoms with E-state index in [2.05, 4.69) is 10.6 Å². The average Bonchev–Trinajstić information content (AvgIpc) is 2.96. The number of carbonyl (C=O) groups is 4. The summed E-state index contributed by atoms with van der Waals surface area (Å²) >= 11 is 1.31. The molecule has 1 aliphatic rings. The molecule has 8 heteroatoms. The molecule has 0 fully saturated rings. The number of carbonyl (C=O) groups excluding carboxylic acids is 4. The fourth-order valence-electron chi connectivity index (χ4n) is 4.36. The molecule has 39 heavy (non-hydrogen) atoms. The zero-order valence-electron chi connectivity index (χ0n) is 21.2. The van der Waals surface area contributed by atoms with Gasteiger partial charge in [-0.1, -0.05) is 48.5 Å². The summed E-state index contributed by atoms with van der Waals surface area (Å²) in [5.74, 6) is -0.557. The third-order valence-corrected chi connectivity index (χ3v) is 7.41. The molecule has 194 valence electrons. The monoisotopic (exact) mass is 536 g/mol. The third-order valence-electron chi connectivity index (χ3n) is 6.32. The Bertz CT molecular complexity index is 1630. The minimum absolute atomic E-state index is 0.203. The van der Waals surface area contributed by atoms with Gasteiger partial charge in [-0.05, 0) is 49.4 Å². The van der Waals surface area contributed by atoms with Crippen LogP contribution in [0.1, 0.15) is 49.1 Å². The van der Waals surface area contributed by atoms with Gasteiger partial charge >= 0.3 is 0 Å². The third kappa shape index (κ3) is 5.32. The van der Waals surface area contributed by atoms with E-state index < -0.39 is 5.25 Å². The van der Waals surface area contributed by atoms with Crippen LogP contribution in [0, 0.1) is 0 Å². The van der Waals surface area contributed by atoms with Gasteiger partial charge in [0.2, 0.25) is 5.91 Å². The second kappa shape index (κ2) is 11.0. The molecule has 0 saturated carbocycles. The number of ketones is 2. The maximum atomic E-state index is 13.2. The fraction of sp³-hybridized carbons (Fsp3) is 0.0968. The topological polar surface area (TPSA) is 102 Å². The van der Waals surface area contributed by atoms with Gasteiger partial charge in [-0.2, -0.15) is 0 Å². The number of fused-ring (bicyclic) bond motifs is 2. The number of hydrogen-bond acceptors (Lipinski definition) is 6. The van der Waals surface area contributed by atoms with E-state index in [0.717, 1.165) is 4.90 Å². The minimum atomic E-state index is -0.535. The van der Waals surface area contributed by atoms with Crippen LogP contribution in [0.4, 0.5) is 11.4 Å². The number of nitrogens with one attached hydrogen (secondary N) is 2. The Morgan fingerprint density at radius 3 is 2.23 bits per heavy atom. The van der Waals surface area contributed by atoms with Crippen molar-refractivity contribution in [3.05, 3.63) is 119 Å². The zero-order valence-corrected chi connectivity index (χ0v) is 22.0. The van der Waals surface area contributed by atoms with Crippen molar-refractivity contribution in [2.75, 3.05) is 17.7 Å². The van der Waals surface area contributed by atoms with Crippen molar-refractivity contribution in [3.63, 3.8) is 0 Å². The minimum Gasteiger partial charge on any atom is -0.497 e. The van der Waals surface area contributed by atoms with Gasteiger partial charge in [0.1, 0.15) is 5.75 Å². The van der Waals surface area contributed by atoms with Gasteiger partial charge in [0.05, 0.1) is 23.6 Å². The Morgan fingerprint density at radius 2 is 1.46 bits per heavy atom. The first kappa shape index (κ1) is 25.9. The molecule has 1 unspecified atom stereocenters. The number of hydrogen-bond donors (Lipinski definition) is 2. The maximum Gasteiger partial charge on any atom is 0.255 e. The van der Waals surface area contributed by atoms with Gasteiger partial charge in [0, 0.05) is 32.8 Å².